The van der Waals surface area contributed by atoms with Crippen molar-refractivity contribution in [2.45, 2.75) is 63.0 Å². The third-order valence-electron chi connectivity index (χ3n) is 3.85. The van der Waals surface area contributed by atoms with E-state index in [0.717, 1.165) is 19.3 Å². The van der Waals surface area contributed by atoms with Gasteiger partial charge in [-0.3, -0.25) is 0 Å². The molecule has 2 rings (SSSR count). The minimum absolute atomic E-state index is 0.241. The zero-order valence-corrected chi connectivity index (χ0v) is 10.6. The van der Waals surface area contributed by atoms with E-state index in [4.69, 9.17) is 9.47 Å². The van der Waals surface area contributed by atoms with E-state index in [2.05, 4.69) is 0 Å². The van der Waals surface area contributed by atoms with Crippen LogP contribution in [0.2, 0.25) is 0 Å². The van der Waals surface area contributed by atoms with Crippen LogP contribution in [-0.4, -0.2) is 30.6 Å². The van der Waals surface area contributed by atoms with Crippen LogP contribution in [0.15, 0.2) is 0 Å². The first-order chi connectivity index (χ1) is 8.76. The van der Waals surface area contributed by atoms with Crippen molar-refractivity contribution in [3.05, 3.63) is 0 Å². The molecule has 2 fully saturated rings. The lowest BCUT2D eigenvalue weighted by Crippen LogP contribution is -2.53. The normalized spacial score (nSPS) is 33.5. The number of rotatable bonds is 4. The molecule has 2 aliphatic rings. The average Bonchev–Trinajstić information content (AvgIpc) is 3.06. The first-order valence-corrected chi connectivity index (χ1v) is 6.52. The van der Waals surface area contributed by atoms with Crippen LogP contribution in [0.3, 0.4) is 0 Å². The fourth-order valence-corrected chi connectivity index (χ4v) is 2.87. The summed E-state index contributed by atoms with van der Waals surface area (Å²) in [7, 11) is 0. The maximum Gasteiger partial charge on any atom is 0.459 e. The number of hydrogen-bond acceptors (Lipinski definition) is 2. The van der Waals surface area contributed by atoms with E-state index in [1.165, 1.54) is 6.92 Å². The summed E-state index contributed by atoms with van der Waals surface area (Å²) >= 11 is 0. The summed E-state index contributed by atoms with van der Waals surface area (Å²) in [6.45, 7) is 1.14. The van der Waals surface area contributed by atoms with Crippen LogP contribution < -0.4 is 0 Å². The van der Waals surface area contributed by atoms with Crippen LogP contribution >= 0.6 is 0 Å². The minimum atomic E-state index is -5.66. The Morgan fingerprint density at radius 3 is 2.16 bits per heavy atom. The van der Waals surface area contributed by atoms with E-state index in [-0.39, 0.29) is 12.5 Å². The minimum Gasteiger partial charge on any atom is -0.343 e. The van der Waals surface area contributed by atoms with Gasteiger partial charge in [-0.05, 0) is 25.7 Å². The van der Waals surface area contributed by atoms with E-state index >= 15 is 0 Å². The van der Waals surface area contributed by atoms with Crippen LogP contribution in [0.1, 0.15) is 39.0 Å². The molecule has 0 spiro atoms. The van der Waals surface area contributed by atoms with Crippen molar-refractivity contribution >= 4 is 0 Å². The molecule has 0 amide bonds. The Morgan fingerprint density at radius 2 is 1.68 bits per heavy atom. The number of hydrogen-bond donors (Lipinski definition) is 0. The van der Waals surface area contributed by atoms with Crippen molar-refractivity contribution in [2.75, 3.05) is 6.61 Å². The molecule has 0 unspecified atom stereocenters. The highest BCUT2D eigenvalue weighted by Gasteiger charge is 2.84. The molecule has 0 aromatic heterocycles. The highest BCUT2D eigenvalue weighted by Crippen LogP contribution is 2.59. The summed E-state index contributed by atoms with van der Waals surface area (Å²) in [5, 5.41) is 0. The Bertz CT molecular complexity index is 325. The standard InChI is InChI=1S/C12H17F5O2/c1-2-18-10(11(13,14)12(15,16)17)9(19-10)8-6-4-3-5-7-8/h8-9H,2-7H2,1H3/t9-,10+/m1/s1. The molecule has 1 aliphatic carbocycles. The van der Waals surface area contributed by atoms with E-state index in [1.807, 2.05) is 0 Å². The molecule has 19 heavy (non-hydrogen) atoms. The molecule has 2 atom stereocenters. The van der Waals surface area contributed by atoms with Crippen LogP contribution in [0, 0.1) is 5.92 Å². The van der Waals surface area contributed by atoms with Gasteiger partial charge in [0.2, 0.25) is 0 Å². The maximum absolute atomic E-state index is 13.6. The summed E-state index contributed by atoms with van der Waals surface area (Å²) < 4.78 is 74.2. The van der Waals surface area contributed by atoms with Crippen molar-refractivity contribution in [3.8, 4) is 0 Å². The van der Waals surface area contributed by atoms with Crippen LogP contribution in [0.25, 0.3) is 0 Å². The van der Waals surface area contributed by atoms with E-state index < -0.39 is 24.0 Å². The molecule has 1 saturated heterocycles. The Balaban J connectivity index is 2.17. The molecule has 2 nitrogen and oxygen atoms in total. The van der Waals surface area contributed by atoms with Gasteiger partial charge in [0, 0.05) is 6.61 Å². The summed E-state index contributed by atoms with van der Waals surface area (Å²) in [5.74, 6) is -8.05. The Kier molecular flexibility index (Phi) is 3.81. The summed E-state index contributed by atoms with van der Waals surface area (Å²) in [5.41, 5.74) is 0. The Hall–Kier alpha value is -0.430. The zero-order chi connectivity index (χ0) is 14.3. The monoisotopic (exact) mass is 288 g/mol. The van der Waals surface area contributed by atoms with E-state index in [0.29, 0.717) is 12.8 Å². The van der Waals surface area contributed by atoms with Gasteiger partial charge in [-0.25, -0.2) is 0 Å². The molecule has 0 aromatic rings. The highest BCUT2D eigenvalue weighted by molar-refractivity contribution is 5.10. The van der Waals surface area contributed by atoms with Crippen molar-refractivity contribution < 1.29 is 31.4 Å². The van der Waals surface area contributed by atoms with Gasteiger partial charge in [-0.15, -0.1) is 0 Å². The molecule has 0 radical (unpaired) electrons. The molecule has 1 saturated carbocycles. The van der Waals surface area contributed by atoms with Gasteiger partial charge < -0.3 is 9.47 Å². The van der Waals surface area contributed by atoms with Gasteiger partial charge in [0.25, 0.3) is 5.79 Å². The molecule has 7 heteroatoms. The fraction of sp³-hybridized carbons (Fsp3) is 1.00. The number of ether oxygens (including phenoxy) is 2. The van der Waals surface area contributed by atoms with E-state index in [1.54, 1.807) is 0 Å². The largest absolute Gasteiger partial charge is 0.459 e. The van der Waals surface area contributed by atoms with Crippen LogP contribution in [0.4, 0.5) is 22.0 Å². The van der Waals surface area contributed by atoms with Gasteiger partial charge in [0.1, 0.15) is 6.10 Å². The summed E-state index contributed by atoms with van der Waals surface area (Å²) in [6.07, 6.45) is -2.91. The number of alkyl halides is 5. The molecular weight excluding hydrogens is 271 g/mol. The van der Waals surface area contributed by atoms with Gasteiger partial charge in [0.05, 0.1) is 0 Å². The highest BCUT2D eigenvalue weighted by atomic mass is 19.4. The Morgan fingerprint density at radius 1 is 1.11 bits per heavy atom. The lowest BCUT2D eigenvalue weighted by atomic mass is 9.84. The van der Waals surface area contributed by atoms with Crippen LogP contribution in [-0.2, 0) is 9.47 Å². The first-order valence-electron chi connectivity index (χ1n) is 6.52. The molecule has 1 aliphatic heterocycles. The van der Waals surface area contributed by atoms with Crippen molar-refractivity contribution in [1.82, 2.24) is 0 Å². The molecule has 0 aromatic carbocycles. The van der Waals surface area contributed by atoms with Gasteiger partial charge >= 0.3 is 12.1 Å². The topological polar surface area (TPSA) is 21.8 Å². The number of epoxide rings is 1. The quantitative estimate of drug-likeness (QED) is 0.578. The van der Waals surface area contributed by atoms with Gasteiger partial charge in [0.15, 0.2) is 0 Å². The molecular formula is C12H17F5O2. The third-order valence-corrected chi connectivity index (χ3v) is 3.85. The average molecular weight is 288 g/mol. The van der Waals surface area contributed by atoms with Gasteiger partial charge in [-0.1, -0.05) is 19.3 Å². The summed E-state index contributed by atoms with van der Waals surface area (Å²) in [4.78, 5) is 0. The lowest BCUT2D eigenvalue weighted by molar-refractivity contribution is -0.345. The molecule has 0 bridgehead atoms. The smallest absolute Gasteiger partial charge is 0.343 e. The fourth-order valence-electron chi connectivity index (χ4n) is 2.87. The second kappa shape index (κ2) is 4.84. The summed E-state index contributed by atoms with van der Waals surface area (Å²) in [6, 6.07) is 0. The van der Waals surface area contributed by atoms with Crippen molar-refractivity contribution in [1.29, 1.82) is 0 Å². The predicted octanol–water partition coefficient (Wildman–Crippen LogP) is 3.90. The molecule has 1 heterocycles. The van der Waals surface area contributed by atoms with Crippen molar-refractivity contribution in [2.24, 2.45) is 5.92 Å². The zero-order valence-electron chi connectivity index (χ0n) is 10.6. The lowest BCUT2D eigenvalue weighted by Gasteiger charge is -2.28. The SMILES string of the molecule is CCO[C@]1(C(F)(F)C(F)(F)F)O[C@@H]1C1CCCCC1. The first kappa shape index (κ1) is 15.0. The van der Waals surface area contributed by atoms with Crippen molar-refractivity contribution in [3.63, 3.8) is 0 Å². The third kappa shape index (κ3) is 2.35. The second-order valence-corrected chi connectivity index (χ2v) is 5.11. The maximum atomic E-state index is 13.6. The van der Waals surface area contributed by atoms with Crippen LogP contribution in [0.5, 0.6) is 0 Å². The Labute approximate surface area is 108 Å². The number of halogens is 5. The van der Waals surface area contributed by atoms with Gasteiger partial charge in [-0.2, -0.15) is 22.0 Å². The molecule has 112 valence electrons. The predicted molar refractivity (Wildman–Crippen MR) is 56.8 cm³/mol. The second-order valence-electron chi connectivity index (χ2n) is 5.11. The van der Waals surface area contributed by atoms with E-state index in [9.17, 15) is 22.0 Å². The molecule has 0 N–H and O–H groups in total.